The molecule has 0 aliphatic carbocycles. The number of nitrogens with zero attached hydrogens (tertiary/aromatic N) is 4. The monoisotopic (exact) mass is 644 g/mol. The van der Waals surface area contributed by atoms with Gasteiger partial charge in [0.2, 0.25) is 0 Å². The Hall–Kier alpha value is -3.96. The van der Waals surface area contributed by atoms with Gasteiger partial charge in [-0.05, 0) is 50.1 Å². The molecule has 0 amide bonds. The Kier molecular flexibility index (Phi) is 7.51. The average molecular weight is 645 g/mol. The third-order valence-corrected chi connectivity index (χ3v) is 10.9. The molecule has 4 aromatic rings. The molecule has 5 atom stereocenters. The van der Waals surface area contributed by atoms with Gasteiger partial charge in [0.05, 0.1) is 11.2 Å². The molecule has 4 aliphatic heterocycles. The Bertz CT molecular complexity index is 1950. The van der Waals surface area contributed by atoms with Crippen LogP contribution in [-0.2, 0) is 0 Å². The Morgan fingerprint density at radius 3 is 2.85 bits per heavy atom. The smallest absolute Gasteiger partial charge is 0.319 e. The molecule has 0 spiro atoms. The van der Waals surface area contributed by atoms with E-state index in [0.717, 1.165) is 45.1 Å². The minimum Gasteiger partial charge on any atom is -0.461 e. The van der Waals surface area contributed by atoms with E-state index in [1.54, 1.807) is 24.3 Å². The van der Waals surface area contributed by atoms with Crippen molar-refractivity contribution in [2.24, 2.45) is 0 Å². The molecule has 4 aliphatic rings. The number of halogens is 3. The molecule has 2 bridgehead atoms. The molecule has 0 unspecified atom stereocenters. The Labute approximate surface area is 271 Å². The van der Waals surface area contributed by atoms with E-state index in [1.807, 2.05) is 0 Å². The van der Waals surface area contributed by atoms with E-state index in [9.17, 15) is 13.6 Å². The molecule has 4 fully saturated rings. The molecule has 2 N–H and O–H groups in total. The first-order valence-corrected chi connectivity index (χ1v) is 16.8. The van der Waals surface area contributed by atoms with E-state index >= 15 is 4.39 Å². The van der Waals surface area contributed by atoms with Gasteiger partial charge in [0.1, 0.15) is 35.3 Å². The van der Waals surface area contributed by atoms with Crippen LogP contribution in [0.3, 0.4) is 0 Å². The van der Waals surface area contributed by atoms with Crippen molar-refractivity contribution in [3.8, 4) is 17.3 Å². The molecule has 8 nitrogen and oxygen atoms in total. The van der Waals surface area contributed by atoms with Gasteiger partial charge in [0, 0.05) is 54.1 Å². The van der Waals surface area contributed by atoms with Crippen LogP contribution in [0.25, 0.3) is 39.0 Å². The standard InChI is InChI=1S/C36H39F3N6O2/c1-3-7-27-26-13-11-22(40-26)18-45(27)33-29-32(42-35(43-33)47-19-36-14-6-15-44(36)17-21(37)16-36)30(39)31(41-34(29)46)24-9-5-8-20-10-12-25(38)23(4-2)28(20)24/h4-5,8-10,12,21-22,26-27,40H,2-3,6-7,11,13-19H2,1H3,(H,41,46)/t21-,22-,26+,27-,36+/m1/s1. The largest absolute Gasteiger partial charge is 0.461 e. The number of nitrogens with one attached hydrogen (secondary N) is 2. The predicted molar refractivity (Wildman–Crippen MR) is 178 cm³/mol. The zero-order chi connectivity index (χ0) is 32.4. The highest BCUT2D eigenvalue weighted by atomic mass is 19.1. The second-order valence-corrected chi connectivity index (χ2v) is 13.7. The molecule has 8 rings (SSSR count). The fraction of sp³-hybridized carbons (Fsp3) is 0.472. The predicted octanol–water partition coefficient (Wildman–Crippen LogP) is 6.12. The molecule has 4 saturated heterocycles. The van der Waals surface area contributed by atoms with Gasteiger partial charge in [0.25, 0.3) is 5.56 Å². The molecule has 6 heterocycles. The number of piperazine rings is 1. The van der Waals surface area contributed by atoms with Crippen molar-refractivity contribution in [1.29, 1.82) is 0 Å². The van der Waals surface area contributed by atoms with Crippen LogP contribution in [0.5, 0.6) is 6.01 Å². The number of anilines is 1. The number of H-pyrrole nitrogens is 1. The summed E-state index contributed by atoms with van der Waals surface area (Å²) in [5.74, 6) is -0.905. The Balaban J connectivity index is 1.32. The average Bonchev–Trinajstić information content (AvgIpc) is 3.74. The summed E-state index contributed by atoms with van der Waals surface area (Å²) in [6.07, 6.45) is 6.41. The lowest BCUT2D eigenvalue weighted by atomic mass is 9.95. The quantitative estimate of drug-likeness (QED) is 0.239. The lowest BCUT2D eigenvalue weighted by molar-refractivity contribution is 0.107. The highest BCUT2D eigenvalue weighted by Gasteiger charge is 2.49. The Morgan fingerprint density at radius 1 is 1.15 bits per heavy atom. The van der Waals surface area contributed by atoms with E-state index in [2.05, 4.69) is 38.6 Å². The lowest BCUT2D eigenvalue weighted by Crippen LogP contribution is -2.58. The number of rotatable bonds is 8. The van der Waals surface area contributed by atoms with Crippen molar-refractivity contribution in [3.63, 3.8) is 0 Å². The number of fused-ring (bicyclic) bond motifs is 5. The van der Waals surface area contributed by atoms with Crippen LogP contribution in [0.4, 0.5) is 19.0 Å². The summed E-state index contributed by atoms with van der Waals surface area (Å²) in [6.45, 7) is 7.88. The van der Waals surface area contributed by atoms with Gasteiger partial charge in [-0.15, -0.1) is 0 Å². The summed E-state index contributed by atoms with van der Waals surface area (Å²) in [5.41, 5.74) is -0.714. The SMILES string of the molecule is C=Cc1c(F)ccc2cccc(-c3[nH]c(=O)c4c(N5C[C@H]6CC[C@H](N6)[C@H]5CCC)nc(OC[C@@]56CCCN5C[C@H](F)C6)nc4c3F)c12. The van der Waals surface area contributed by atoms with Crippen LogP contribution in [0.2, 0.25) is 0 Å². The maximum atomic E-state index is 17.0. The number of hydrogen-bond donors (Lipinski definition) is 2. The summed E-state index contributed by atoms with van der Waals surface area (Å²) in [4.78, 5) is 30.6. The number of pyridine rings is 1. The van der Waals surface area contributed by atoms with Crippen molar-refractivity contribution in [2.45, 2.75) is 81.7 Å². The maximum absolute atomic E-state index is 17.0. The molecule has 2 aromatic heterocycles. The van der Waals surface area contributed by atoms with E-state index in [1.165, 1.54) is 12.1 Å². The highest BCUT2D eigenvalue weighted by Crippen LogP contribution is 2.42. The summed E-state index contributed by atoms with van der Waals surface area (Å²) >= 11 is 0. The zero-order valence-corrected chi connectivity index (χ0v) is 26.5. The summed E-state index contributed by atoms with van der Waals surface area (Å²) < 4.78 is 52.8. The van der Waals surface area contributed by atoms with Gasteiger partial charge < -0.3 is 19.9 Å². The second kappa shape index (κ2) is 11.6. The third kappa shape index (κ3) is 4.92. The van der Waals surface area contributed by atoms with E-state index in [-0.39, 0.29) is 52.9 Å². The molecule has 0 saturated carbocycles. The van der Waals surface area contributed by atoms with Gasteiger partial charge in [-0.1, -0.05) is 50.3 Å². The first-order chi connectivity index (χ1) is 22.8. The summed E-state index contributed by atoms with van der Waals surface area (Å²) in [5, 5.41) is 4.88. The number of benzene rings is 2. The number of ether oxygens (including phenoxy) is 1. The second-order valence-electron chi connectivity index (χ2n) is 13.7. The van der Waals surface area contributed by atoms with Crippen LogP contribution in [0.1, 0.15) is 57.4 Å². The van der Waals surface area contributed by atoms with Gasteiger partial charge >= 0.3 is 6.01 Å². The van der Waals surface area contributed by atoms with Crippen LogP contribution in [-0.4, -0.2) is 75.9 Å². The topological polar surface area (TPSA) is 86.4 Å². The number of aromatic nitrogens is 3. The van der Waals surface area contributed by atoms with Crippen molar-refractivity contribution in [3.05, 3.63) is 64.5 Å². The van der Waals surface area contributed by atoms with Crippen molar-refractivity contribution < 1.29 is 17.9 Å². The van der Waals surface area contributed by atoms with Gasteiger partial charge in [-0.25, -0.2) is 13.2 Å². The first-order valence-electron chi connectivity index (χ1n) is 16.8. The van der Waals surface area contributed by atoms with E-state index in [0.29, 0.717) is 41.7 Å². The highest BCUT2D eigenvalue weighted by molar-refractivity contribution is 6.03. The fourth-order valence-corrected chi connectivity index (χ4v) is 8.83. The van der Waals surface area contributed by atoms with Crippen molar-refractivity contribution >= 4 is 33.6 Å². The summed E-state index contributed by atoms with van der Waals surface area (Å²) in [7, 11) is 0. The van der Waals surface area contributed by atoms with Gasteiger partial charge in [-0.2, -0.15) is 9.97 Å². The van der Waals surface area contributed by atoms with Crippen LogP contribution in [0.15, 0.2) is 41.7 Å². The minimum atomic E-state index is -0.928. The zero-order valence-electron chi connectivity index (χ0n) is 26.5. The molecule has 0 radical (unpaired) electrons. The van der Waals surface area contributed by atoms with E-state index < -0.39 is 28.9 Å². The fourth-order valence-electron chi connectivity index (χ4n) is 8.83. The number of aromatic amines is 1. The van der Waals surface area contributed by atoms with Crippen molar-refractivity contribution in [1.82, 2.24) is 25.2 Å². The molecule has 2 aromatic carbocycles. The minimum absolute atomic E-state index is 0.0386. The van der Waals surface area contributed by atoms with Crippen LogP contribution >= 0.6 is 0 Å². The number of alkyl halides is 1. The molecular formula is C36H39F3N6O2. The first kappa shape index (κ1) is 30.4. The molecule has 246 valence electrons. The third-order valence-electron chi connectivity index (χ3n) is 10.9. The van der Waals surface area contributed by atoms with Crippen molar-refractivity contribution in [2.75, 3.05) is 31.1 Å². The van der Waals surface area contributed by atoms with Crippen LogP contribution < -0.4 is 20.5 Å². The summed E-state index contributed by atoms with van der Waals surface area (Å²) in [6, 6.07) is 8.62. The number of hydrogen-bond acceptors (Lipinski definition) is 7. The molecule has 47 heavy (non-hydrogen) atoms. The van der Waals surface area contributed by atoms with Crippen LogP contribution in [0, 0.1) is 11.6 Å². The Morgan fingerprint density at radius 2 is 2.02 bits per heavy atom. The van der Waals surface area contributed by atoms with Gasteiger partial charge in [-0.3, -0.25) is 9.69 Å². The lowest BCUT2D eigenvalue weighted by Gasteiger charge is -2.42. The maximum Gasteiger partial charge on any atom is 0.319 e. The molecule has 11 heteroatoms. The van der Waals surface area contributed by atoms with Gasteiger partial charge in [0.15, 0.2) is 5.82 Å². The van der Waals surface area contributed by atoms with E-state index in [4.69, 9.17) is 9.72 Å². The molecular weight excluding hydrogens is 605 g/mol. The normalized spacial score (nSPS) is 27.2.